The predicted octanol–water partition coefficient (Wildman–Crippen LogP) is 13.3. The molecular formula is C41H76O4Ti. The van der Waals surface area contributed by atoms with Crippen molar-refractivity contribution in [1.29, 1.82) is 0 Å². The average Bonchev–Trinajstić information content (AvgIpc) is 3.04. The molecule has 0 fully saturated rings. The SMILES string of the molecule is CCCCCCCC/C=C\CCCCCCCC(=O)OCCCCCOC(=O)CCCCCCC/C=C\CCCCCCCC.[Ti]. The van der Waals surface area contributed by atoms with Crippen LogP contribution < -0.4 is 0 Å². The molecule has 0 N–H and O–H groups in total. The van der Waals surface area contributed by atoms with E-state index < -0.39 is 0 Å². The van der Waals surface area contributed by atoms with Crippen LogP contribution in [-0.4, -0.2) is 25.2 Å². The van der Waals surface area contributed by atoms with Crippen LogP contribution in [0.2, 0.25) is 0 Å². The van der Waals surface area contributed by atoms with Crippen LogP contribution in [0.1, 0.15) is 213 Å². The third-order valence-corrected chi connectivity index (χ3v) is 8.60. The monoisotopic (exact) mass is 681 g/mol. The summed E-state index contributed by atoms with van der Waals surface area (Å²) in [5.74, 6) is -0.141. The second kappa shape index (κ2) is 42.2. The van der Waals surface area contributed by atoms with E-state index in [-0.39, 0.29) is 33.7 Å². The molecule has 0 rings (SSSR count). The van der Waals surface area contributed by atoms with E-state index >= 15 is 0 Å². The van der Waals surface area contributed by atoms with Gasteiger partial charge in [-0.25, -0.2) is 0 Å². The Kier molecular flexibility index (Phi) is 43.3. The van der Waals surface area contributed by atoms with Crippen LogP contribution in [0.5, 0.6) is 0 Å². The number of hydrogen-bond donors (Lipinski definition) is 0. The summed E-state index contributed by atoms with van der Waals surface area (Å²) < 4.78 is 10.7. The zero-order valence-corrected chi connectivity index (χ0v) is 32.3. The first kappa shape index (κ1) is 47.3. The smallest absolute Gasteiger partial charge is 0.305 e. The molecule has 0 atom stereocenters. The zero-order chi connectivity index (χ0) is 32.7. The minimum Gasteiger partial charge on any atom is -0.466 e. The van der Waals surface area contributed by atoms with E-state index in [1.165, 1.54) is 141 Å². The van der Waals surface area contributed by atoms with Crippen molar-refractivity contribution in [3.8, 4) is 0 Å². The van der Waals surface area contributed by atoms with Crippen LogP contribution in [-0.2, 0) is 40.8 Å². The van der Waals surface area contributed by atoms with Gasteiger partial charge in [0.15, 0.2) is 0 Å². The van der Waals surface area contributed by atoms with Crippen molar-refractivity contribution in [3.05, 3.63) is 24.3 Å². The molecule has 4 nitrogen and oxygen atoms in total. The number of carbonyl (C=O) groups is 2. The van der Waals surface area contributed by atoms with Crippen molar-refractivity contribution >= 4 is 11.9 Å². The molecule has 0 saturated heterocycles. The van der Waals surface area contributed by atoms with Crippen LogP contribution in [0, 0.1) is 0 Å². The maximum atomic E-state index is 11.9. The summed E-state index contributed by atoms with van der Waals surface area (Å²) in [5, 5.41) is 0. The molecule has 0 aromatic carbocycles. The fraction of sp³-hybridized carbons (Fsp3) is 0.854. The number of ether oxygens (including phenoxy) is 2. The molecule has 0 aliphatic rings. The Balaban J connectivity index is 0. The van der Waals surface area contributed by atoms with Crippen molar-refractivity contribution in [2.75, 3.05) is 13.2 Å². The Hall–Kier alpha value is -0.866. The second-order valence-corrected chi connectivity index (χ2v) is 13.2. The van der Waals surface area contributed by atoms with Crippen molar-refractivity contribution in [2.24, 2.45) is 0 Å². The molecule has 0 radical (unpaired) electrons. The van der Waals surface area contributed by atoms with Crippen molar-refractivity contribution in [3.63, 3.8) is 0 Å². The average molecular weight is 681 g/mol. The molecule has 0 aliphatic heterocycles. The molecular weight excluding hydrogens is 604 g/mol. The molecule has 5 heteroatoms. The van der Waals surface area contributed by atoms with E-state index in [0.29, 0.717) is 26.1 Å². The summed E-state index contributed by atoms with van der Waals surface area (Å²) in [5.41, 5.74) is 0. The van der Waals surface area contributed by atoms with Gasteiger partial charge in [0.05, 0.1) is 13.2 Å². The van der Waals surface area contributed by atoms with E-state index in [4.69, 9.17) is 9.47 Å². The van der Waals surface area contributed by atoms with Gasteiger partial charge in [0.25, 0.3) is 0 Å². The maximum absolute atomic E-state index is 11.9. The first-order valence-corrected chi connectivity index (χ1v) is 19.8. The molecule has 0 saturated carbocycles. The van der Waals surface area contributed by atoms with Crippen molar-refractivity contribution in [2.45, 2.75) is 213 Å². The summed E-state index contributed by atoms with van der Waals surface area (Å²) in [6.45, 7) is 5.49. The Labute approximate surface area is 302 Å². The largest absolute Gasteiger partial charge is 0.466 e. The van der Waals surface area contributed by atoms with Gasteiger partial charge in [-0.3, -0.25) is 9.59 Å². The Bertz CT molecular complexity index is 619. The predicted molar refractivity (Wildman–Crippen MR) is 195 cm³/mol. The van der Waals surface area contributed by atoms with Crippen LogP contribution in [0.4, 0.5) is 0 Å². The number of unbranched alkanes of at least 4 members (excludes halogenated alkanes) is 24. The molecule has 268 valence electrons. The molecule has 0 aromatic heterocycles. The van der Waals surface area contributed by atoms with Crippen molar-refractivity contribution in [1.82, 2.24) is 0 Å². The minimum absolute atomic E-state index is 0. The molecule has 0 bridgehead atoms. The molecule has 46 heavy (non-hydrogen) atoms. The van der Waals surface area contributed by atoms with Crippen molar-refractivity contribution < 1.29 is 40.8 Å². The summed E-state index contributed by atoms with van der Waals surface area (Å²) in [4.78, 5) is 23.9. The fourth-order valence-corrected chi connectivity index (χ4v) is 5.58. The van der Waals surface area contributed by atoms with Gasteiger partial charge in [-0.15, -0.1) is 0 Å². The third-order valence-electron chi connectivity index (χ3n) is 8.60. The molecule has 0 amide bonds. The summed E-state index contributed by atoms with van der Waals surface area (Å²) >= 11 is 0. The molecule has 0 aliphatic carbocycles. The van der Waals surface area contributed by atoms with E-state index in [1.54, 1.807) is 0 Å². The Morgan fingerprint density at radius 2 is 0.630 bits per heavy atom. The Morgan fingerprint density at radius 1 is 0.370 bits per heavy atom. The standard InChI is InChI=1S/C41H76O4.Ti/c1-3-5-7-9-11-13-15-17-19-21-23-25-27-29-32-36-40(42)44-38-34-31-35-39-45-41(43)37-33-30-28-26-24-22-20-18-16-14-12-10-8-6-4-2;/h17-20H,3-16,21-39H2,1-2H3;/b19-17-,20-18-;. The fourth-order valence-electron chi connectivity index (χ4n) is 5.58. The van der Waals surface area contributed by atoms with E-state index in [1.807, 2.05) is 0 Å². The summed E-state index contributed by atoms with van der Waals surface area (Å²) in [7, 11) is 0. The number of rotatable bonds is 36. The summed E-state index contributed by atoms with van der Waals surface area (Å²) in [6, 6.07) is 0. The first-order chi connectivity index (χ1) is 22.2. The molecule has 0 aromatic rings. The van der Waals surface area contributed by atoms with Gasteiger partial charge in [-0.2, -0.15) is 0 Å². The number of hydrogen-bond acceptors (Lipinski definition) is 4. The van der Waals surface area contributed by atoms with Crippen LogP contribution >= 0.6 is 0 Å². The van der Waals surface area contributed by atoms with Crippen LogP contribution in [0.15, 0.2) is 24.3 Å². The zero-order valence-electron chi connectivity index (χ0n) is 30.8. The van der Waals surface area contributed by atoms with Crippen LogP contribution in [0.3, 0.4) is 0 Å². The minimum atomic E-state index is -0.0704. The van der Waals surface area contributed by atoms with Gasteiger partial charge in [0.1, 0.15) is 0 Å². The van der Waals surface area contributed by atoms with Gasteiger partial charge in [-0.05, 0) is 83.5 Å². The number of carbonyl (C=O) groups excluding carboxylic acids is 2. The topological polar surface area (TPSA) is 52.6 Å². The van der Waals surface area contributed by atoms with E-state index in [9.17, 15) is 9.59 Å². The molecule has 0 heterocycles. The van der Waals surface area contributed by atoms with Gasteiger partial charge < -0.3 is 9.47 Å². The molecule has 0 unspecified atom stereocenters. The quantitative estimate of drug-likeness (QED) is 0.0286. The van der Waals surface area contributed by atoms with Gasteiger partial charge >= 0.3 is 11.9 Å². The number of esters is 2. The van der Waals surface area contributed by atoms with Gasteiger partial charge in [-0.1, -0.05) is 141 Å². The van der Waals surface area contributed by atoms with E-state index in [2.05, 4.69) is 38.2 Å². The normalized spacial score (nSPS) is 11.3. The van der Waals surface area contributed by atoms with Gasteiger partial charge in [0, 0.05) is 34.6 Å². The number of allylic oxidation sites excluding steroid dienone is 4. The maximum Gasteiger partial charge on any atom is 0.305 e. The second-order valence-electron chi connectivity index (χ2n) is 13.2. The summed E-state index contributed by atoms with van der Waals surface area (Å²) in [6.07, 6.45) is 45.9. The van der Waals surface area contributed by atoms with Crippen LogP contribution in [0.25, 0.3) is 0 Å². The van der Waals surface area contributed by atoms with E-state index in [0.717, 1.165) is 44.9 Å². The third kappa shape index (κ3) is 41.2. The first-order valence-electron chi connectivity index (χ1n) is 19.8. The van der Waals surface area contributed by atoms with Gasteiger partial charge in [0.2, 0.25) is 0 Å². The Morgan fingerprint density at radius 3 is 0.957 bits per heavy atom. The molecule has 0 spiro atoms.